The number of alkyl halides is 3. The van der Waals surface area contributed by atoms with Gasteiger partial charge in [0, 0.05) is 48.2 Å². The van der Waals surface area contributed by atoms with Gasteiger partial charge in [-0.2, -0.15) is 13.2 Å². The minimum Gasteiger partial charge on any atom is -0.488 e. The van der Waals surface area contributed by atoms with Crippen molar-refractivity contribution in [3.8, 4) is 17.2 Å². The fourth-order valence-corrected chi connectivity index (χ4v) is 5.31. The number of ether oxygens (including phenoxy) is 3. The molecule has 0 unspecified atom stereocenters. The van der Waals surface area contributed by atoms with E-state index in [0.717, 1.165) is 24.3 Å². The van der Waals surface area contributed by atoms with E-state index in [1.807, 2.05) is 6.92 Å². The standard InChI is InChI=1S/C33H36F3N5O7/c1-19-15-41(20(2)17-42)30(43)13-21-12-24(38-31(44)37-23-6-4-22(5-7-23)33(34,35)36)8-10-26(21)48-29(19)16-40(3)32(45)39-25-9-11-27-28(14-25)47-18-46-27/h4-12,14,19-20,29,42H,13,15-18H2,1-3H3,(H,39,45)(H2,37,38,44)/t19-,20-,29-/m0/s1. The van der Waals surface area contributed by atoms with Crippen LogP contribution in [0.2, 0.25) is 0 Å². The number of anilines is 3. The lowest BCUT2D eigenvalue weighted by atomic mass is 10.0. The number of hydrogen-bond donors (Lipinski definition) is 4. The molecule has 0 radical (unpaired) electrons. The predicted molar refractivity (Wildman–Crippen MR) is 170 cm³/mol. The number of aliphatic hydroxyl groups is 1. The van der Waals surface area contributed by atoms with Gasteiger partial charge in [-0.15, -0.1) is 0 Å². The van der Waals surface area contributed by atoms with E-state index in [2.05, 4.69) is 16.0 Å². The van der Waals surface area contributed by atoms with Crippen molar-refractivity contribution in [3.05, 3.63) is 71.8 Å². The van der Waals surface area contributed by atoms with Crippen molar-refractivity contribution in [2.24, 2.45) is 5.92 Å². The van der Waals surface area contributed by atoms with Gasteiger partial charge in [-0.3, -0.25) is 4.79 Å². The Kier molecular flexibility index (Phi) is 10.2. The second-order valence-electron chi connectivity index (χ2n) is 11.7. The lowest BCUT2D eigenvalue weighted by molar-refractivity contribution is -0.137. The van der Waals surface area contributed by atoms with E-state index in [0.29, 0.717) is 34.2 Å². The van der Waals surface area contributed by atoms with Gasteiger partial charge in [-0.25, -0.2) is 9.59 Å². The zero-order valence-electron chi connectivity index (χ0n) is 26.5. The van der Waals surface area contributed by atoms with Gasteiger partial charge >= 0.3 is 18.2 Å². The van der Waals surface area contributed by atoms with Crippen LogP contribution in [0.4, 0.5) is 39.8 Å². The lowest BCUT2D eigenvalue weighted by Crippen LogP contribution is -2.48. The van der Waals surface area contributed by atoms with Crippen LogP contribution in [0.25, 0.3) is 0 Å². The number of nitrogens with zero attached hydrogens (tertiary/aromatic N) is 2. The topological polar surface area (TPSA) is 142 Å². The monoisotopic (exact) mass is 671 g/mol. The van der Waals surface area contributed by atoms with Crippen molar-refractivity contribution in [3.63, 3.8) is 0 Å². The van der Waals surface area contributed by atoms with Gasteiger partial charge in [0.2, 0.25) is 12.7 Å². The van der Waals surface area contributed by atoms with E-state index >= 15 is 0 Å². The molecule has 0 aliphatic carbocycles. The smallest absolute Gasteiger partial charge is 0.416 e. The Morgan fingerprint density at radius 1 is 0.958 bits per heavy atom. The van der Waals surface area contributed by atoms with Crippen LogP contribution in [-0.2, 0) is 17.4 Å². The number of carbonyl (C=O) groups excluding carboxylic acids is 3. The SMILES string of the molecule is C[C@H]1CN([C@@H](C)CO)C(=O)Cc2cc(NC(=O)Nc3ccc(C(F)(F)F)cc3)ccc2O[C@H]1CN(C)C(=O)Nc1ccc2c(c1)OCO2. The van der Waals surface area contributed by atoms with Crippen molar-refractivity contribution >= 4 is 35.0 Å². The molecule has 3 atom stereocenters. The Morgan fingerprint density at radius 3 is 2.27 bits per heavy atom. The number of hydrogen-bond acceptors (Lipinski definition) is 7. The number of nitrogens with one attached hydrogen (secondary N) is 3. The van der Waals surface area contributed by atoms with Crippen LogP contribution in [0.5, 0.6) is 17.2 Å². The maximum Gasteiger partial charge on any atom is 0.416 e. The first-order chi connectivity index (χ1) is 22.8. The minimum atomic E-state index is -4.50. The Bertz CT molecular complexity index is 1650. The lowest BCUT2D eigenvalue weighted by Gasteiger charge is -2.34. The van der Waals surface area contributed by atoms with Gasteiger partial charge in [0.15, 0.2) is 11.5 Å². The van der Waals surface area contributed by atoms with E-state index in [1.54, 1.807) is 55.3 Å². The fourth-order valence-electron chi connectivity index (χ4n) is 5.31. The Balaban J connectivity index is 1.32. The summed E-state index contributed by atoms with van der Waals surface area (Å²) in [4.78, 5) is 42.4. The summed E-state index contributed by atoms with van der Waals surface area (Å²) in [5, 5.41) is 17.9. The number of likely N-dealkylation sites (N-methyl/N-ethyl adjacent to an activating group) is 1. The molecule has 15 heteroatoms. The van der Waals surface area contributed by atoms with Gasteiger partial charge < -0.3 is 45.1 Å². The molecule has 2 heterocycles. The second-order valence-corrected chi connectivity index (χ2v) is 11.7. The molecule has 0 bridgehead atoms. The van der Waals surface area contributed by atoms with Gasteiger partial charge in [0.1, 0.15) is 11.9 Å². The number of aliphatic hydroxyl groups excluding tert-OH is 1. The number of benzene rings is 3. The van der Waals surface area contributed by atoms with E-state index in [4.69, 9.17) is 14.2 Å². The van der Waals surface area contributed by atoms with Crippen molar-refractivity contribution in [1.29, 1.82) is 0 Å². The van der Waals surface area contributed by atoms with Gasteiger partial charge in [-0.1, -0.05) is 6.92 Å². The molecule has 4 N–H and O–H groups in total. The van der Waals surface area contributed by atoms with E-state index in [1.165, 1.54) is 4.90 Å². The van der Waals surface area contributed by atoms with Crippen LogP contribution in [0.1, 0.15) is 25.0 Å². The third kappa shape index (κ3) is 8.20. The van der Waals surface area contributed by atoms with Crippen LogP contribution in [0.3, 0.4) is 0 Å². The van der Waals surface area contributed by atoms with Crippen LogP contribution in [0.15, 0.2) is 60.7 Å². The average molecular weight is 672 g/mol. The fraction of sp³-hybridized carbons (Fsp3) is 0.364. The molecule has 0 fully saturated rings. The second kappa shape index (κ2) is 14.3. The normalized spacial score (nSPS) is 18.0. The summed E-state index contributed by atoms with van der Waals surface area (Å²) in [6, 6.07) is 12.2. The van der Waals surface area contributed by atoms with Crippen LogP contribution >= 0.6 is 0 Å². The molecule has 0 aromatic heterocycles. The number of fused-ring (bicyclic) bond motifs is 2. The molecule has 3 aromatic rings. The summed E-state index contributed by atoms with van der Waals surface area (Å²) >= 11 is 0. The number of amides is 5. The van der Waals surface area contributed by atoms with Crippen molar-refractivity contribution in [1.82, 2.24) is 9.80 Å². The van der Waals surface area contributed by atoms with Crippen LogP contribution < -0.4 is 30.2 Å². The number of urea groups is 2. The summed E-state index contributed by atoms with van der Waals surface area (Å²) in [5.41, 5.74) is 0.582. The van der Waals surface area contributed by atoms with Crippen LogP contribution in [-0.4, -0.2) is 78.6 Å². The zero-order valence-corrected chi connectivity index (χ0v) is 26.5. The summed E-state index contributed by atoms with van der Waals surface area (Å²) in [6.45, 7) is 3.85. The van der Waals surface area contributed by atoms with Crippen molar-refractivity contribution < 1.29 is 46.9 Å². The molecule has 48 heavy (non-hydrogen) atoms. The molecular formula is C33H36F3N5O7. The number of halogens is 3. The summed E-state index contributed by atoms with van der Waals surface area (Å²) in [5.74, 6) is 0.935. The number of carbonyl (C=O) groups is 3. The molecule has 2 aliphatic rings. The van der Waals surface area contributed by atoms with Gasteiger partial charge in [-0.05, 0) is 61.5 Å². The third-order valence-electron chi connectivity index (χ3n) is 8.07. The van der Waals surface area contributed by atoms with Crippen molar-refractivity contribution in [2.45, 2.75) is 38.6 Å². The highest BCUT2D eigenvalue weighted by molar-refractivity contribution is 6.00. The molecule has 256 valence electrons. The first-order valence-corrected chi connectivity index (χ1v) is 15.2. The molecular weight excluding hydrogens is 635 g/mol. The highest BCUT2D eigenvalue weighted by Crippen LogP contribution is 2.35. The van der Waals surface area contributed by atoms with Gasteiger partial charge in [0.05, 0.1) is 31.2 Å². The van der Waals surface area contributed by atoms with Gasteiger partial charge in [0.25, 0.3) is 0 Å². The van der Waals surface area contributed by atoms with E-state index in [9.17, 15) is 32.7 Å². The minimum absolute atomic E-state index is 0.102. The van der Waals surface area contributed by atoms with Crippen LogP contribution in [0, 0.1) is 5.92 Å². The highest BCUT2D eigenvalue weighted by Gasteiger charge is 2.32. The molecule has 0 saturated carbocycles. The quantitative estimate of drug-likeness (QED) is 0.264. The summed E-state index contributed by atoms with van der Waals surface area (Å²) in [7, 11) is 1.62. The Morgan fingerprint density at radius 2 is 1.58 bits per heavy atom. The molecule has 2 aliphatic heterocycles. The van der Waals surface area contributed by atoms with E-state index < -0.39 is 35.9 Å². The maximum atomic E-state index is 13.5. The molecule has 5 amide bonds. The molecule has 0 spiro atoms. The van der Waals surface area contributed by atoms with Crippen molar-refractivity contribution in [2.75, 3.05) is 49.5 Å². The summed E-state index contributed by atoms with van der Waals surface area (Å²) in [6.07, 6.45) is -5.19. The highest BCUT2D eigenvalue weighted by atomic mass is 19.4. The first kappa shape index (κ1) is 34.2. The molecule has 3 aromatic carbocycles. The number of rotatable bonds is 7. The Labute approximate surface area is 274 Å². The maximum absolute atomic E-state index is 13.5. The molecule has 5 rings (SSSR count). The zero-order chi connectivity index (χ0) is 34.6. The largest absolute Gasteiger partial charge is 0.488 e. The third-order valence-corrected chi connectivity index (χ3v) is 8.07. The predicted octanol–water partition coefficient (Wildman–Crippen LogP) is 5.39. The molecule has 0 saturated heterocycles. The molecule has 12 nitrogen and oxygen atoms in total. The Hall–Kier alpha value is -5.18. The van der Waals surface area contributed by atoms with E-state index in [-0.39, 0.29) is 50.4 Å². The average Bonchev–Trinajstić information content (AvgIpc) is 3.52. The first-order valence-electron chi connectivity index (χ1n) is 15.2. The summed E-state index contributed by atoms with van der Waals surface area (Å²) < 4.78 is 55.8.